The largest absolute Gasteiger partial charge is 0.480 e. The van der Waals surface area contributed by atoms with Gasteiger partial charge in [-0.1, -0.05) is 6.92 Å². The molecule has 0 bridgehead atoms. The molecule has 0 heterocycles. The van der Waals surface area contributed by atoms with Crippen LogP contribution >= 0.6 is 25.3 Å². The van der Waals surface area contributed by atoms with Crippen LogP contribution in [0.3, 0.4) is 0 Å². The highest BCUT2D eigenvalue weighted by Crippen LogP contribution is 2.08. The van der Waals surface area contributed by atoms with E-state index in [0.29, 0.717) is 6.42 Å². The van der Waals surface area contributed by atoms with Crippen LogP contribution in [0.4, 0.5) is 0 Å². The molecule has 0 amide bonds. The van der Waals surface area contributed by atoms with E-state index >= 15 is 0 Å². The second-order valence-electron chi connectivity index (χ2n) is 1.94. The highest BCUT2D eigenvalue weighted by molar-refractivity contribution is 7.82. The molecule has 2 unspecified atom stereocenters. The number of hydrogen-bond donors (Lipinski definition) is 3. The first-order chi connectivity index (χ1) is 4.04. The van der Waals surface area contributed by atoms with Crippen LogP contribution in [0.5, 0.6) is 0 Å². The van der Waals surface area contributed by atoms with Gasteiger partial charge in [0.2, 0.25) is 0 Å². The van der Waals surface area contributed by atoms with Gasteiger partial charge in [-0.25, -0.2) is 0 Å². The van der Waals surface area contributed by atoms with Crippen molar-refractivity contribution in [2.75, 3.05) is 0 Å². The van der Waals surface area contributed by atoms with Crippen LogP contribution < -0.4 is 0 Å². The first kappa shape index (κ1) is 9.17. The fourth-order valence-electron chi connectivity index (χ4n) is 0.424. The maximum absolute atomic E-state index is 10.1. The Morgan fingerprint density at radius 3 is 2.22 bits per heavy atom. The van der Waals surface area contributed by atoms with Gasteiger partial charge in [0.15, 0.2) is 0 Å². The monoisotopic (exact) mass is 166 g/mol. The minimum atomic E-state index is -0.876. The molecule has 2 nitrogen and oxygen atoms in total. The topological polar surface area (TPSA) is 37.3 Å². The molecule has 0 spiro atoms. The standard InChI is InChI=1S/C5H10O2S2/c1-3(8)2-4(9)5(6)7/h3-4,8-9H,2H2,1H3,(H,6,7). The van der Waals surface area contributed by atoms with E-state index in [0.717, 1.165) is 0 Å². The Labute approximate surface area is 65.5 Å². The van der Waals surface area contributed by atoms with Gasteiger partial charge < -0.3 is 5.11 Å². The lowest BCUT2D eigenvalue weighted by Gasteiger charge is -2.05. The molecular weight excluding hydrogens is 156 g/mol. The Hall–Kier alpha value is 0.170. The molecule has 9 heavy (non-hydrogen) atoms. The van der Waals surface area contributed by atoms with Crippen LogP contribution in [-0.2, 0) is 4.79 Å². The molecule has 0 saturated carbocycles. The molecule has 2 atom stereocenters. The van der Waals surface area contributed by atoms with E-state index in [1.807, 2.05) is 6.92 Å². The van der Waals surface area contributed by atoms with Gasteiger partial charge in [0.1, 0.15) is 5.25 Å². The second-order valence-corrected chi connectivity index (χ2v) is 3.44. The van der Waals surface area contributed by atoms with Crippen molar-refractivity contribution < 1.29 is 9.90 Å². The van der Waals surface area contributed by atoms with Gasteiger partial charge in [-0.3, -0.25) is 4.79 Å². The summed E-state index contributed by atoms with van der Waals surface area (Å²) in [5.74, 6) is -0.876. The van der Waals surface area contributed by atoms with E-state index in [9.17, 15) is 4.79 Å². The number of rotatable bonds is 3. The molecule has 0 radical (unpaired) electrons. The van der Waals surface area contributed by atoms with Crippen molar-refractivity contribution in [2.24, 2.45) is 0 Å². The highest BCUT2D eigenvalue weighted by atomic mass is 32.1. The van der Waals surface area contributed by atoms with E-state index in [-0.39, 0.29) is 5.25 Å². The Balaban J connectivity index is 3.50. The lowest BCUT2D eigenvalue weighted by Crippen LogP contribution is -2.16. The van der Waals surface area contributed by atoms with Crippen molar-refractivity contribution in [3.05, 3.63) is 0 Å². The Kier molecular flexibility index (Phi) is 4.14. The first-order valence-corrected chi connectivity index (χ1v) is 3.66. The summed E-state index contributed by atoms with van der Waals surface area (Å²) >= 11 is 7.84. The minimum absolute atomic E-state index is 0.101. The molecule has 0 aromatic rings. The predicted octanol–water partition coefficient (Wildman–Crippen LogP) is 1.08. The summed E-state index contributed by atoms with van der Waals surface area (Å²) in [6.45, 7) is 1.84. The normalized spacial score (nSPS) is 16.8. The quantitative estimate of drug-likeness (QED) is 0.549. The third-order valence-corrected chi connectivity index (χ3v) is 1.49. The van der Waals surface area contributed by atoms with E-state index in [1.54, 1.807) is 0 Å². The zero-order valence-corrected chi connectivity index (χ0v) is 6.90. The molecule has 0 fully saturated rings. The Morgan fingerprint density at radius 1 is 1.67 bits per heavy atom. The number of carboxylic acids is 1. The second kappa shape index (κ2) is 4.06. The summed E-state index contributed by atoms with van der Waals surface area (Å²) in [5.41, 5.74) is 0. The van der Waals surface area contributed by atoms with Crippen molar-refractivity contribution in [2.45, 2.75) is 23.8 Å². The molecule has 0 aromatic heterocycles. The van der Waals surface area contributed by atoms with Gasteiger partial charge in [0.05, 0.1) is 0 Å². The van der Waals surface area contributed by atoms with Gasteiger partial charge in [0, 0.05) is 5.25 Å². The zero-order valence-electron chi connectivity index (χ0n) is 5.11. The molecular formula is C5H10O2S2. The summed E-state index contributed by atoms with van der Waals surface area (Å²) in [6, 6.07) is 0. The van der Waals surface area contributed by atoms with Gasteiger partial charge in [-0.2, -0.15) is 25.3 Å². The van der Waals surface area contributed by atoms with Crippen LogP contribution in [0.25, 0.3) is 0 Å². The van der Waals surface area contributed by atoms with Crippen molar-refractivity contribution in [1.82, 2.24) is 0 Å². The fourth-order valence-corrected chi connectivity index (χ4v) is 1.12. The summed E-state index contributed by atoms with van der Waals surface area (Å²) < 4.78 is 0. The minimum Gasteiger partial charge on any atom is -0.480 e. The Bertz CT molecular complexity index is 103. The van der Waals surface area contributed by atoms with Gasteiger partial charge >= 0.3 is 5.97 Å². The maximum atomic E-state index is 10.1. The van der Waals surface area contributed by atoms with Gasteiger partial charge in [0.25, 0.3) is 0 Å². The number of carboxylic acid groups (broad SMARTS) is 1. The van der Waals surface area contributed by atoms with Crippen LogP contribution in [0.1, 0.15) is 13.3 Å². The Morgan fingerprint density at radius 2 is 2.11 bits per heavy atom. The SMILES string of the molecule is CC(S)CC(S)C(=O)O. The lowest BCUT2D eigenvalue weighted by atomic mass is 10.2. The van der Waals surface area contributed by atoms with E-state index < -0.39 is 11.2 Å². The molecule has 0 aliphatic carbocycles. The smallest absolute Gasteiger partial charge is 0.316 e. The maximum Gasteiger partial charge on any atom is 0.316 e. The molecule has 0 saturated heterocycles. The number of hydrogen-bond acceptors (Lipinski definition) is 3. The van der Waals surface area contributed by atoms with E-state index in [1.165, 1.54) is 0 Å². The van der Waals surface area contributed by atoms with E-state index in [4.69, 9.17) is 5.11 Å². The average molecular weight is 166 g/mol. The van der Waals surface area contributed by atoms with Crippen molar-refractivity contribution >= 4 is 31.2 Å². The van der Waals surface area contributed by atoms with Crippen molar-refractivity contribution in [3.8, 4) is 0 Å². The fraction of sp³-hybridized carbons (Fsp3) is 0.800. The summed E-state index contributed by atoms with van der Waals surface area (Å²) in [5, 5.41) is 7.85. The molecule has 4 heteroatoms. The third kappa shape index (κ3) is 4.66. The van der Waals surface area contributed by atoms with Crippen LogP contribution in [0.2, 0.25) is 0 Å². The summed E-state index contributed by atoms with van der Waals surface area (Å²) in [6.07, 6.45) is 0.502. The van der Waals surface area contributed by atoms with Crippen molar-refractivity contribution in [3.63, 3.8) is 0 Å². The number of carbonyl (C=O) groups is 1. The average Bonchev–Trinajstić information content (AvgIpc) is 1.63. The number of aliphatic carboxylic acids is 1. The van der Waals surface area contributed by atoms with Gasteiger partial charge in [-0.15, -0.1) is 0 Å². The lowest BCUT2D eigenvalue weighted by molar-refractivity contribution is -0.136. The number of thiol groups is 2. The summed E-state index contributed by atoms with van der Waals surface area (Å²) in [7, 11) is 0. The van der Waals surface area contributed by atoms with Crippen LogP contribution in [-0.4, -0.2) is 21.6 Å². The molecule has 1 N–H and O–H groups in total. The highest BCUT2D eigenvalue weighted by Gasteiger charge is 2.12. The predicted molar refractivity (Wildman–Crippen MR) is 43.5 cm³/mol. The van der Waals surface area contributed by atoms with Crippen LogP contribution in [0.15, 0.2) is 0 Å². The molecule has 0 aliphatic heterocycles. The summed E-state index contributed by atoms with van der Waals surface area (Å²) in [4.78, 5) is 10.1. The first-order valence-electron chi connectivity index (χ1n) is 2.63. The van der Waals surface area contributed by atoms with Crippen LogP contribution in [0, 0.1) is 0 Å². The molecule has 0 rings (SSSR count). The zero-order chi connectivity index (χ0) is 7.44. The third-order valence-electron chi connectivity index (χ3n) is 0.849. The molecule has 0 aliphatic rings. The van der Waals surface area contributed by atoms with Crippen molar-refractivity contribution in [1.29, 1.82) is 0 Å². The molecule has 0 aromatic carbocycles. The van der Waals surface area contributed by atoms with E-state index in [2.05, 4.69) is 25.3 Å². The molecule has 54 valence electrons. The van der Waals surface area contributed by atoms with Gasteiger partial charge in [-0.05, 0) is 6.42 Å².